The molecule has 0 bridgehead atoms. The second-order valence-electron chi connectivity index (χ2n) is 6.58. The third kappa shape index (κ3) is 5.31. The van der Waals surface area contributed by atoms with Crippen molar-refractivity contribution in [3.05, 3.63) is 65.2 Å². The van der Waals surface area contributed by atoms with Crippen LogP contribution in [-0.2, 0) is 21.2 Å². The van der Waals surface area contributed by atoms with Crippen molar-refractivity contribution in [2.45, 2.75) is 45.1 Å². The van der Waals surface area contributed by atoms with Crippen molar-refractivity contribution >= 4 is 21.8 Å². The van der Waals surface area contributed by atoms with E-state index >= 15 is 0 Å². The van der Waals surface area contributed by atoms with Crippen LogP contribution in [-0.4, -0.2) is 43.7 Å². The minimum atomic E-state index is -3.59. The number of carbonyl (C=O) groups excluding carboxylic acids is 2. The van der Waals surface area contributed by atoms with Crippen molar-refractivity contribution in [3.63, 3.8) is 0 Å². The molecule has 0 N–H and O–H groups in total. The van der Waals surface area contributed by atoms with Crippen LogP contribution in [0.1, 0.15) is 54.0 Å². The van der Waals surface area contributed by atoms with E-state index in [4.69, 9.17) is 4.74 Å². The Morgan fingerprint density at radius 1 is 0.897 bits per heavy atom. The van der Waals surface area contributed by atoms with Gasteiger partial charge in [-0.05, 0) is 43.2 Å². The van der Waals surface area contributed by atoms with Gasteiger partial charge in [0, 0.05) is 18.7 Å². The minimum Gasteiger partial charge on any atom is -0.451 e. The van der Waals surface area contributed by atoms with Crippen molar-refractivity contribution in [2.24, 2.45) is 0 Å². The van der Waals surface area contributed by atoms with Crippen LogP contribution < -0.4 is 0 Å². The zero-order chi connectivity index (χ0) is 21.6. The molecule has 0 amide bonds. The molecule has 0 saturated heterocycles. The lowest BCUT2D eigenvalue weighted by Crippen LogP contribution is -2.30. The highest BCUT2D eigenvalue weighted by molar-refractivity contribution is 7.89. The fraction of sp³-hybridized carbons (Fsp3) is 0.364. The highest BCUT2D eigenvalue weighted by Crippen LogP contribution is 2.17. The smallest absolute Gasteiger partial charge is 0.338 e. The van der Waals surface area contributed by atoms with Crippen molar-refractivity contribution in [1.82, 2.24) is 4.31 Å². The van der Waals surface area contributed by atoms with Crippen molar-refractivity contribution in [1.29, 1.82) is 0 Å². The summed E-state index contributed by atoms with van der Waals surface area (Å²) in [6.07, 6.45) is -0.0759. The Balaban J connectivity index is 2.09. The van der Waals surface area contributed by atoms with E-state index in [2.05, 4.69) is 0 Å². The zero-order valence-electron chi connectivity index (χ0n) is 17.2. The van der Waals surface area contributed by atoms with Crippen LogP contribution in [0, 0.1) is 0 Å². The van der Waals surface area contributed by atoms with Crippen molar-refractivity contribution in [3.8, 4) is 0 Å². The van der Waals surface area contributed by atoms with Gasteiger partial charge in [-0.15, -0.1) is 0 Å². The van der Waals surface area contributed by atoms with Crippen LogP contribution in [0.2, 0.25) is 0 Å². The topological polar surface area (TPSA) is 80.8 Å². The Labute approximate surface area is 172 Å². The number of sulfonamides is 1. The van der Waals surface area contributed by atoms with E-state index in [1.54, 1.807) is 26.0 Å². The molecule has 0 heterocycles. The lowest BCUT2D eigenvalue weighted by molar-refractivity contribution is 0.0318. The van der Waals surface area contributed by atoms with Gasteiger partial charge < -0.3 is 4.74 Å². The average Bonchev–Trinajstić information content (AvgIpc) is 2.74. The summed E-state index contributed by atoms with van der Waals surface area (Å²) in [6.45, 7) is 7.80. The number of ketones is 1. The van der Waals surface area contributed by atoms with E-state index in [0.29, 0.717) is 18.7 Å². The van der Waals surface area contributed by atoms with Gasteiger partial charge in [0.25, 0.3) is 0 Å². The standard InChI is InChI=1S/C22H27NO5S/c1-5-17-8-10-18(11-9-17)21(24)16(4)28-22(25)19-12-14-20(15-13-19)29(26,27)23(6-2)7-3/h8-16H,5-7H2,1-4H3/t16-/m1/s1. The summed E-state index contributed by atoms with van der Waals surface area (Å²) in [5, 5.41) is 0. The molecule has 0 fully saturated rings. The molecule has 156 valence electrons. The van der Waals surface area contributed by atoms with E-state index in [9.17, 15) is 18.0 Å². The van der Waals surface area contributed by atoms with Crippen LogP contribution in [0.15, 0.2) is 53.4 Å². The number of benzene rings is 2. The Morgan fingerprint density at radius 3 is 1.90 bits per heavy atom. The maximum Gasteiger partial charge on any atom is 0.338 e. The molecule has 0 saturated carbocycles. The van der Waals surface area contributed by atoms with Gasteiger partial charge in [-0.2, -0.15) is 4.31 Å². The van der Waals surface area contributed by atoms with Crippen LogP contribution in [0.3, 0.4) is 0 Å². The van der Waals surface area contributed by atoms with Gasteiger partial charge in [0.1, 0.15) is 0 Å². The first-order valence-corrected chi connectivity index (χ1v) is 11.1. The highest BCUT2D eigenvalue weighted by Gasteiger charge is 2.23. The summed E-state index contributed by atoms with van der Waals surface area (Å²) < 4.78 is 31.6. The average molecular weight is 418 g/mol. The molecule has 7 heteroatoms. The first-order valence-electron chi connectivity index (χ1n) is 9.68. The third-order valence-corrected chi connectivity index (χ3v) is 6.80. The number of ether oxygens (including phenoxy) is 1. The maximum absolute atomic E-state index is 12.5. The highest BCUT2D eigenvalue weighted by atomic mass is 32.2. The Kier molecular flexibility index (Phi) is 7.70. The summed E-state index contributed by atoms with van der Waals surface area (Å²) in [7, 11) is -3.59. The van der Waals surface area contributed by atoms with E-state index in [1.165, 1.54) is 35.5 Å². The van der Waals surface area contributed by atoms with Crippen LogP contribution in [0.4, 0.5) is 0 Å². The lowest BCUT2D eigenvalue weighted by Gasteiger charge is -2.18. The number of nitrogens with zero attached hydrogens (tertiary/aromatic N) is 1. The Morgan fingerprint density at radius 2 is 1.41 bits per heavy atom. The molecule has 1 atom stereocenters. The van der Waals surface area contributed by atoms with Crippen LogP contribution in [0.5, 0.6) is 0 Å². The fourth-order valence-electron chi connectivity index (χ4n) is 2.90. The van der Waals surface area contributed by atoms with E-state index in [-0.39, 0.29) is 16.2 Å². The Bertz CT molecular complexity index is 946. The number of rotatable bonds is 9. The maximum atomic E-state index is 12.5. The first-order chi connectivity index (χ1) is 13.7. The van der Waals surface area contributed by atoms with Gasteiger partial charge in [0.15, 0.2) is 6.10 Å². The molecule has 2 aromatic carbocycles. The fourth-order valence-corrected chi connectivity index (χ4v) is 4.36. The molecule has 2 rings (SSSR count). The molecule has 6 nitrogen and oxygen atoms in total. The summed E-state index contributed by atoms with van der Waals surface area (Å²) in [5.74, 6) is -0.968. The number of esters is 1. The summed E-state index contributed by atoms with van der Waals surface area (Å²) in [4.78, 5) is 24.9. The number of hydrogen-bond donors (Lipinski definition) is 0. The van der Waals surface area contributed by atoms with E-state index < -0.39 is 22.1 Å². The molecule has 0 aliphatic carbocycles. The van der Waals surface area contributed by atoms with Gasteiger partial charge in [0.2, 0.25) is 15.8 Å². The molecule has 0 spiro atoms. The number of aryl methyl sites for hydroxylation is 1. The van der Waals surface area contributed by atoms with Crippen molar-refractivity contribution < 1.29 is 22.7 Å². The quantitative estimate of drug-likeness (QED) is 0.459. The minimum absolute atomic E-state index is 0.109. The zero-order valence-corrected chi connectivity index (χ0v) is 18.0. The molecule has 0 aliphatic heterocycles. The van der Waals surface area contributed by atoms with Crippen molar-refractivity contribution in [2.75, 3.05) is 13.1 Å². The number of carbonyl (C=O) groups is 2. The summed E-state index contributed by atoms with van der Waals surface area (Å²) in [6, 6.07) is 12.7. The largest absolute Gasteiger partial charge is 0.451 e. The molecular weight excluding hydrogens is 390 g/mol. The molecule has 29 heavy (non-hydrogen) atoms. The molecular formula is C22H27NO5S. The van der Waals surface area contributed by atoms with Gasteiger partial charge in [0.05, 0.1) is 10.5 Å². The molecule has 0 unspecified atom stereocenters. The molecule has 0 radical (unpaired) electrons. The van der Waals surface area contributed by atoms with Gasteiger partial charge >= 0.3 is 5.97 Å². The summed E-state index contributed by atoms with van der Waals surface area (Å²) in [5.41, 5.74) is 1.78. The van der Waals surface area contributed by atoms with Crippen LogP contribution >= 0.6 is 0 Å². The predicted molar refractivity (Wildman–Crippen MR) is 112 cm³/mol. The van der Waals surface area contributed by atoms with Gasteiger partial charge in [-0.3, -0.25) is 4.79 Å². The Hall–Kier alpha value is -2.51. The van der Waals surface area contributed by atoms with E-state index in [1.807, 2.05) is 19.1 Å². The SMILES string of the molecule is CCc1ccc(C(=O)[C@@H](C)OC(=O)c2ccc(S(=O)(=O)N(CC)CC)cc2)cc1. The molecule has 0 aromatic heterocycles. The summed E-state index contributed by atoms with van der Waals surface area (Å²) >= 11 is 0. The predicted octanol–water partition coefficient (Wildman–Crippen LogP) is 3.71. The second-order valence-corrected chi connectivity index (χ2v) is 8.51. The third-order valence-electron chi connectivity index (χ3n) is 4.73. The lowest BCUT2D eigenvalue weighted by atomic mass is 10.0. The number of hydrogen-bond acceptors (Lipinski definition) is 5. The normalized spacial score (nSPS) is 12.6. The molecule has 0 aliphatic rings. The monoisotopic (exact) mass is 417 g/mol. The van der Waals surface area contributed by atoms with Gasteiger partial charge in [-0.1, -0.05) is 45.0 Å². The number of Topliss-reactive ketones (excluding diaryl/α,β-unsaturated/α-hetero) is 1. The molecule has 2 aromatic rings. The second kappa shape index (κ2) is 9.80. The van der Waals surface area contributed by atoms with Gasteiger partial charge in [-0.25, -0.2) is 13.2 Å². The van der Waals surface area contributed by atoms with Crippen LogP contribution in [0.25, 0.3) is 0 Å². The van der Waals surface area contributed by atoms with E-state index in [0.717, 1.165) is 12.0 Å². The first kappa shape index (κ1) is 22.8.